The van der Waals surface area contributed by atoms with Crippen molar-refractivity contribution in [1.29, 1.82) is 0 Å². The first kappa shape index (κ1) is 8.87. The van der Waals surface area contributed by atoms with Crippen LogP contribution in [0.3, 0.4) is 0 Å². The Bertz CT molecular complexity index is 117. The van der Waals surface area contributed by atoms with E-state index in [1.807, 2.05) is 0 Å². The maximum atomic E-state index is 11.7. The first-order chi connectivity index (χ1) is 5.24. The molecule has 1 fully saturated rings. The number of rotatable bonds is 4. The maximum Gasteiger partial charge on any atom is 0.345 e. The van der Waals surface area contributed by atoms with Crippen LogP contribution < -0.4 is 5.73 Å². The summed E-state index contributed by atoms with van der Waals surface area (Å²) >= 11 is 0. The zero-order valence-corrected chi connectivity index (χ0v) is 6.30. The highest BCUT2D eigenvalue weighted by molar-refractivity contribution is 4.78. The van der Waals surface area contributed by atoms with E-state index in [0.717, 1.165) is 19.3 Å². The highest BCUT2D eigenvalue weighted by Crippen LogP contribution is 2.31. The highest BCUT2D eigenvalue weighted by Gasteiger charge is 2.28. The summed E-state index contributed by atoms with van der Waals surface area (Å²) in [5.41, 5.74) is 5.27. The molecule has 0 radical (unpaired) electrons. The summed E-state index contributed by atoms with van der Waals surface area (Å²) in [6.07, 6.45) is 2.65. The van der Waals surface area contributed by atoms with Gasteiger partial charge in [-0.15, -0.1) is 0 Å². The fraction of sp³-hybridized carbons (Fsp3) is 1.00. The monoisotopic (exact) mass is 165 g/mol. The third-order valence-corrected chi connectivity index (χ3v) is 2.19. The van der Waals surface area contributed by atoms with Gasteiger partial charge in [0.2, 0.25) is 0 Å². The van der Waals surface area contributed by atoms with E-state index in [2.05, 4.69) is 4.74 Å². The van der Waals surface area contributed by atoms with Gasteiger partial charge in [-0.05, 0) is 18.8 Å². The van der Waals surface area contributed by atoms with Gasteiger partial charge < -0.3 is 10.5 Å². The third kappa shape index (κ3) is 2.38. The molecular formula is C7H13F2NO. The molecule has 0 aromatic heterocycles. The topological polar surface area (TPSA) is 35.2 Å². The van der Waals surface area contributed by atoms with Crippen LogP contribution in [0.5, 0.6) is 0 Å². The van der Waals surface area contributed by atoms with Crippen LogP contribution in [0.2, 0.25) is 0 Å². The second-order valence-electron chi connectivity index (χ2n) is 2.86. The van der Waals surface area contributed by atoms with E-state index in [1.165, 1.54) is 0 Å². The van der Waals surface area contributed by atoms with Crippen LogP contribution in [0.25, 0.3) is 0 Å². The van der Waals surface area contributed by atoms with Gasteiger partial charge in [0.25, 0.3) is 0 Å². The van der Waals surface area contributed by atoms with E-state index >= 15 is 0 Å². The number of nitrogens with two attached hydrogens (primary N) is 1. The fourth-order valence-corrected chi connectivity index (χ4v) is 1.30. The maximum absolute atomic E-state index is 11.7. The van der Waals surface area contributed by atoms with Crippen molar-refractivity contribution in [3.63, 3.8) is 0 Å². The Morgan fingerprint density at radius 2 is 2.09 bits per heavy atom. The average molecular weight is 165 g/mol. The van der Waals surface area contributed by atoms with Crippen LogP contribution in [0.15, 0.2) is 0 Å². The lowest BCUT2D eigenvalue weighted by atomic mass is 9.81. The summed E-state index contributed by atoms with van der Waals surface area (Å²) in [7, 11) is 0. The van der Waals surface area contributed by atoms with Crippen LogP contribution in [-0.2, 0) is 4.74 Å². The average Bonchev–Trinajstić information content (AvgIpc) is 1.81. The number of ether oxygens (including phenoxy) is 1. The second kappa shape index (κ2) is 3.97. The molecule has 0 saturated heterocycles. The third-order valence-electron chi connectivity index (χ3n) is 2.19. The lowest BCUT2D eigenvalue weighted by Crippen LogP contribution is -2.36. The van der Waals surface area contributed by atoms with Crippen molar-refractivity contribution in [3.05, 3.63) is 0 Å². The summed E-state index contributed by atoms with van der Waals surface area (Å²) in [5.74, 6) is 0.272. The molecule has 1 aliphatic rings. The van der Waals surface area contributed by atoms with Crippen molar-refractivity contribution >= 4 is 0 Å². The smallest absolute Gasteiger partial charge is 0.328 e. The molecule has 2 nitrogen and oxygen atoms in total. The minimum Gasteiger partial charge on any atom is -0.328 e. The number of hydrogen-bond acceptors (Lipinski definition) is 2. The molecule has 1 aliphatic carbocycles. The van der Waals surface area contributed by atoms with Crippen molar-refractivity contribution in [1.82, 2.24) is 0 Å². The summed E-state index contributed by atoms with van der Waals surface area (Å²) in [4.78, 5) is 0. The van der Waals surface area contributed by atoms with Gasteiger partial charge in [-0.25, -0.2) is 0 Å². The summed E-state index contributed by atoms with van der Waals surface area (Å²) in [6, 6.07) is 0. The van der Waals surface area contributed by atoms with E-state index in [-0.39, 0.29) is 12.5 Å². The van der Waals surface area contributed by atoms with Crippen LogP contribution in [0.1, 0.15) is 19.3 Å². The molecule has 0 spiro atoms. The van der Waals surface area contributed by atoms with Crippen molar-refractivity contribution in [2.45, 2.75) is 32.0 Å². The van der Waals surface area contributed by atoms with E-state index in [4.69, 9.17) is 5.73 Å². The number of hydrogen-bond donors (Lipinski definition) is 1. The highest BCUT2D eigenvalue weighted by atomic mass is 19.3. The van der Waals surface area contributed by atoms with Crippen LogP contribution in [0, 0.1) is 5.92 Å². The molecule has 66 valence electrons. The summed E-state index contributed by atoms with van der Waals surface area (Å²) in [5, 5.41) is 0. The van der Waals surface area contributed by atoms with Gasteiger partial charge in [0.15, 0.2) is 0 Å². The van der Waals surface area contributed by atoms with Crippen molar-refractivity contribution in [2.24, 2.45) is 11.7 Å². The lowest BCUT2D eigenvalue weighted by Gasteiger charge is -2.32. The molecule has 0 amide bonds. The molecule has 1 rings (SSSR count). The molecule has 0 aromatic carbocycles. The van der Waals surface area contributed by atoms with Gasteiger partial charge in [0.05, 0.1) is 6.10 Å². The zero-order chi connectivity index (χ0) is 8.27. The molecule has 1 unspecified atom stereocenters. The molecule has 0 aliphatic heterocycles. The molecule has 0 bridgehead atoms. The van der Waals surface area contributed by atoms with Crippen molar-refractivity contribution in [3.8, 4) is 0 Å². The van der Waals surface area contributed by atoms with Gasteiger partial charge in [-0.2, -0.15) is 8.78 Å². The first-order valence-electron chi connectivity index (χ1n) is 3.87. The standard InChI is InChI=1S/C7H13F2NO/c8-7(9)11-6(4-10)5-2-1-3-5/h5-7H,1-4,10H2. The normalized spacial score (nSPS) is 21.8. The Hall–Kier alpha value is -0.220. The summed E-state index contributed by atoms with van der Waals surface area (Å²) in [6.45, 7) is -2.47. The van der Waals surface area contributed by atoms with Crippen molar-refractivity contribution < 1.29 is 13.5 Å². The predicted octanol–water partition coefficient (Wildman–Crippen LogP) is 1.35. The largest absolute Gasteiger partial charge is 0.345 e. The van der Waals surface area contributed by atoms with E-state index in [0.29, 0.717) is 0 Å². The molecule has 4 heteroatoms. The van der Waals surface area contributed by atoms with Gasteiger partial charge in [-0.1, -0.05) is 6.42 Å². The molecule has 1 atom stereocenters. The van der Waals surface area contributed by atoms with Gasteiger partial charge >= 0.3 is 6.61 Å². The quantitative estimate of drug-likeness (QED) is 0.682. The van der Waals surface area contributed by atoms with E-state index in [9.17, 15) is 8.78 Å². The van der Waals surface area contributed by atoms with Gasteiger partial charge in [0.1, 0.15) is 0 Å². The van der Waals surface area contributed by atoms with E-state index in [1.54, 1.807) is 0 Å². The molecule has 0 heterocycles. The summed E-state index contributed by atoms with van der Waals surface area (Å²) < 4.78 is 27.8. The second-order valence-corrected chi connectivity index (χ2v) is 2.86. The Morgan fingerprint density at radius 3 is 2.36 bits per heavy atom. The number of halogens is 2. The molecule has 2 N–H and O–H groups in total. The fourth-order valence-electron chi connectivity index (χ4n) is 1.30. The molecular weight excluding hydrogens is 152 g/mol. The van der Waals surface area contributed by atoms with Gasteiger partial charge in [-0.3, -0.25) is 0 Å². The Morgan fingerprint density at radius 1 is 1.45 bits per heavy atom. The first-order valence-corrected chi connectivity index (χ1v) is 3.87. The van der Waals surface area contributed by atoms with Gasteiger partial charge in [0, 0.05) is 6.54 Å². The van der Waals surface area contributed by atoms with Crippen LogP contribution >= 0.6 is 0 Å². The molecule has 0 aromatic rings. The minimum atomic E-state index is -2.68. The molecule has 11 heavy (non-hydrogen) atoms. The minimum absolute atomic E-state index is 0.203. The Labute approximate surface area is 64.7 Å². The number of alkyl halides is 2. The Balaban J connectivity index is 2.23. The van der Waals surface area contributed by atoms with Crippen LogP contribution in [-0.4, -0.2) is 19.3 Å². The Kier molecular flexibility index (Phi) is 3.20. The SMILES string of the molecule is NCC(OC(F)F)C1CCC1. The molecule has 1 saturated carbocycles. The van der Waals surface area contributed by atoms with Crippen LogP contribution in [0.4, 0.5) is 8.78 Å². The predicted molar refractivity (Wildman–Crippen MR) is 37.3 cm³/mol. The van der Waals surface area contributed by atoms with Crippen molar-refractivity contribution in [2.75, 3.05) is 6.54 Å². The lowest BCUT2D eigenvalue weighted by molar-refractivity contribution is -0.180. The van der Waals surface area contributed by atoms with E-state index < -0.39 is 12.7 Å². The zero-order valence-electron chi connectivity index (χ0n) is 6.30.